The summed E-state index contributed by atoms with van der Waals surface area (Å²) in [4.78, 5) is 10.8. The zero-order valence-electron chi connectivity index (χ0n) is 11.2. The van der Waals surface area contributed by atoms with E-state index in [1.54, 1.807) is 0 Å². The van der Waals surface area contributed by atoms with Gasteiger partial charge in [0.1, 0.15) is 0 Å². The topological polar surface area (TPSA) is 17.1 Å². The average Bonchev–Trinajstić information content (AvgIpc) is 2.30. The zero-order chi connectivity index (χ0) is 14.9. The first kappa shape index (κ1) is 18.3. The lowest BCUT2D eigenvalue weighted by Gasteiger charge is -2.17. The maximum atomic E-state index is 12.6. The van der Waals surface area contributed by atoms with Gasteiger partial charge < -0.3 is 0 Å². The predicted molar refractivity (Wildman–Crippen MR) is 63.2 cm³/mol. The standard InChI is InChI=1S/C13H21F5O/c1-2-3-4-5-6-7-8-9-10-11(19)12(14,15)13(16,17)18/h2-10H2,1H3. The minimum atomic E-state index is -5.77. The minimum absolute atomic E-state index is 0.0955. The molecule has 0 fully saturated rings. The van der Waals surface area contributed by atoms with E-state index in [-0.39, 0.29) is 6.42 Å². The van der Waals surface area contributed by atoms with Gasteiger partial charge in [0.05, 0.1) is 0 Å². The van der Waals surface area contributed by atoms with Crippen LogP contribution in [0, 0.1) is 0 Å². The van der Waals surface area contributed by atoms with Crippen molar-refractivity contribution < 1.29 is 26.7 Å². The molecule has 0 aromatic carbocycles. The van der Waals surface area contributed by atoms with Crippen molar-refractivity contribution >= 4 is 5.78 Å². The molecule has 0 heterocycles. The van der Waals surface area contributed by atoms with Gasteiger partial charge in [0, 0.05) is 6.42 Å². The summed E-state index contributed by atoms with van der Waals surface area (Å²) in [5.41, 5.74) is 0. The SMILES string of the molecule is CCCCCCCCCCC(=O)C(F)(F)C(F)(F)F. The maximum absolute atomic E-state index is 12.6. The monoisotopic (exact) mass is 288 g/mol. The molecule has 0 rings (SSSR count). The fraction of sp³-hybridized carbons (Fsp3) is 0.923. The zero-order valence-corrected chi connectivity index (χ0v) is 11.2. The summed E-state index contributed by atoms with van der Waals surface area (Å²) < 4.78 is 60.7. The van der Waals surface area contributed by atoms with Crippen LogP contribution in [0.3, 0.4) is 0 Å². The van der Waals surface area contributed by atoms with Gasteiger partial charge in [0.15, 0.2) is 0 Å². The molecule has 1 nitrogen and oxygen atoms in total. The summed E-state index contributed by atoms with van der Waals surface area (Å²) in [6.07, 6.45) is 0.271. The van der Waals surface area contributed by atoms with Gasteiger partial charge in [-0.05, 0) is 6.42 Å². The van der Waals surface area contributed by atoms with Crippen LogP contribution < -0.4 is 0 Å². The third-order valence-corrected chi connectivity index (χ3v) is 2.96. The van der Waals surface area contributed by atoms with Crippen molar-refractivity contribution in [2.24, 2.45) is 0 Å². The van der Waals surface area contributed by atoms with Gasteiger partial charge in [-0.15, -0.1) is 0 Å². The molecular formula is C13H21F5O. The first-order valence-electron chi connectivity index (χ1n) is 6.71. The summed E-state index contributed by atoms with van der Waals surface area (Å²) in [5.74, 6) is -7.22. The number of hydrogen-bond acceptors (Lipinski definition) is 1. The summed E-state index contributed by atoms with van der Waals surface area (Å²) in [6.45, 7) is 2.09. The third-order valence-electron chi connectivity index (χ3n) is 2.96. The van der Waals surface area contributed by atoms with E-state index < -0.39 is 24.3 Å². The average molecular weight is 288 g/mol. The largest absolute Gasteiger partial charge is 0.461 e. The molecule has 0 saturated heterocycles. The normalized spacial score (nSPS) is 12.7. The Kier molecular flexibility index (Phi) is 8.18. The molecule has 0 aliphatic rings. The predicted octanol–water partition coefficient (Wildman–Crippen LogP) is 5.28. The van der Waals surface area contributed by atoms with Crippen molar-refractivity contribution in [2.75, 3.05) is 0 Å². The van der Waals surface area contributed by atoms with Crippen LogP contribution in [0.4, 0.5) is 22.0 Å². The van der Waals surface area contributed by atoms with Gasteiger partial charge in [-0.25, -0.2) is 0 Å². The van der Waals surface area contributed by atoms with Gasteiger partial charge in [-0.1, -0.05) is 51.9 Å². The van der Waals surface area contributed by atoms with E-state index in [0.29, 0.717) is 6.42 Å². The number of carbonyl (C=O) groups excluding carboxylic acids is 1. The second-order valence-electron chi connectivity index (χ2n) is 4.72. The minimum Gasteiger partial charge on any atom is -0.293 e. The molecule has 0 saturated carbocycles. The third kappa shape index (κ3) is 6.87. The van der Waals surface area contributed by atoms with E-state index in [1.807, 2.05) is 0 Å². The number of rotatable bonds is 10. The van der Waals surface area contributed by atoms with Crippen LogP contribution in [0.5, 0.6) is 0 Å². The molecule has 0 aliphatic heterocycles. The number of hydrogen-bond donors (Lipinski definition) is 0. The molecule has 6 heteroatoms. The van der Waals surface area contributed by atoms with Crippen LogP contribution in [-0.4, -0.2) is 17.9 Å². The molecule has 19 heavy (non-hydrogen) atoms. The molecule has 0 spiro atoms. The number of unbranched alkanes of at least 4 members (excludes halogenated alkanes) is 7. The fourth-order valence-electron chi connectivity index (χ4n) is 1.73. The van der Waals surface area contributed by atoms with Crippen molar-refractivity contribution in [1.29, 1.82) is 0 Å². The van der Waals surface area contributed by atoms with E-state index in [2.05, 4.69) is 6.92 Å². The number of alkyl halides is 5. The maximum Gasteiger partial charge on any atom is 0.461 e. The molecule has 0 amide bonds. The van der Waals surface area contributed by atoms with Crippen LogP contribution in [-0.2, 0) is 4.79 Å². The van der Waals surface area contributed by atoms with E-state index in [9.17, 15) is 26.7 Å². The highest BCUT2D eigenvalue weighted by Gasteiger charge is 2.62. The molecule has 0 aliphatic carbocycles. The lowest BCUT2D eigenvalue weighted by atomic mass is 10.0. The molecule has 0 aromatic heterocycles. The van der Waals surface area contributed by atoms with E-state index >= 15 is 0 Å². The quantitative estimate of drug-likeness (QED) is 0.394. The Labute approximate surface area is 110 Å². The lowest BCUT2D eigenvalue weighted by molar-refractivity contribution is -0.268. The van der Waals surface area contributed by atoms with Crippen molar-refractivity contribution in [3.05, 3.63) is 0 Å². The summed E-state index contributed by atoms with van der Waals surface area (Å²) in [6, 6.07) is 0. The Morgan fingerprint density at radius 2 is 1.21 bits per heavy atom. The van der Waals surface area contributed by atoms with Crippen LogP contribution in [0.15, 0.2) is 0 Å². The highest BCUT2D eigenvalue weighted by atomic mass is 19.4. The van der Waals surface area contributed by atoms with Gasteiger partial charge >= 0.3 is 12.1 Å². The highest BCUT2D eigenvalue weighted by molar-refractivity contribution is 5.86. The molecule has 0 N–H and O–H groups in total. The molecule has 0 aromatic rings. The van der Waals surface area contributed by atoms with Crippen molar-refractivity contribution in [3.63, 3.8) is 0 Å². The molecular weight excluding hydrogens is 267 g/mol. The number of Topliss-reactive ketones (excluding diaryl/α,β-unsaturated/α-hetero) is 1. The van der Waals surface area contributed by atoms with Gasteiger partial charge in [-0.3, -0.25) is 4.79 Å². The van der Waals surface area contributed by atoms with Crippen molar-refractivity contribution in [3.8, 4) is 0 Å². The van der Waals surface area contributed by atoms with Gasteiger partial charge in [-0.2, -0.15) is 22.0 Å². The molecule has 0 unspecified atom stereocenters. The molecule has 0 radical (unpaired) electrons. The summed E-state index contributed by atoms with van der Waals surface area (Å²) in [5, 5.41) is 0. The summed E-state index contributed by atoms with van der Waals surface area (Å²) in [7, 11) is 0. The first-order chi connectivity index (χ1) is 8.73. The number of ketones is 1. The van der Waals surface area contributed by atoms with Gasteiger partial charge in [0.25, 0.3) is 0 Å². The van der Waals surface area contributed by atoms with E-state index in [0.717, 1.165) is 38.5 Å². The lowest BCUT2D eigenvalue weighted by Crippen LogP contribution is -2.43. The Hall–Kier alpha value is -0.680. The molecule has 0 bridgehead atoms. The Morgan fingerprint density at radius 1 is 0.789 bits per heavy atom. The van der Waals surface area contributed by atoms with Crippen LogP contribution in [0.1, 0.15) is 64.7 Å². The van der Waals surface area contributed by atoms with Crippen LogP contribution in [0.2, 0.25) is 0 Å². The Bertz CT molecular complexity index is 260. The fourth-order valence-corrected chi connectivity index (χ4v) is 1.73. The van der Waals surface area contributed by atoms with E-state index in [1.165, 1.54) is 0 Å². The number of halogens is 5. The molecule has 114 valence electrons. The first-order valence-corrected chi connectivity index (χ1v) is 6.71. The Morgan fingerprint density at radius 3 is 1.63 bits per heavy atom. The molecule has 0 atom stereocenters. The van der Waals surface area contributed by atoms with E-state index in [4.69, 9.17) is 0 Å². The summed E-state index contributed by atoms with van der Waals surface area (Å²) >= 11 is 0. The Balaban J connectivity index is 3.70. The van der Waals surface area contributed by atoms with Gasteiger partial charge in [0.2, 0.25) is 5.78 Å². The van der Waals surface area contributed by atoms with Crippen LogP contribution in [0.25, 0.3) is 0 Å². The van der Waals surface area contributed by atoms with Crippen molar-refractivity contribution in [1.82, 2.24) is 0 Å². The second-order valence-corrected chi connectivity index (χ2v) is 4.72. The second kappa shape index (κ2) is 8.48. The van der Waals surface area contributed by atoms with Crippen molar-refractivity contribution in [2.45, 2.75) is 76.8 Å². The van der Waals surface area contributed by atoms with Crippen LogP contribution >= 0.6 is 0 Å². The number of carbonyl (C=O) groups is 1. The highest BCUT2D eigenvalue weighted by Crippen LogP contribution is 2.37. The smallest absolute Gasteiger partial charge is 0.293 e.